The number of benzene rings is 1. The van der Waals surface area contributed by atoms with Crippen LogP contribution >= 0.6 is 12.4 Å². The summed E-state index contributed by atoms with van der Waals surface area (Å²) in [6.45, 7) is 8.07. The third-order valence-corrected chi connectivity index (χ3v) is 7.69. The van der Waals surface area contributed by atoms with Gasteiger partial charge in [0.25, 0.3) is 0 Å². The van der Waals surface area contributed by atoms with Crippen molar-refractivity contribution in [1.82, 2.24) is 24.3 Å². The Kier molecular flexibility index (Phi) is 8.12. The third kappa shape index (κ3) is 6.01. The van der Waals surface area contributed by atoms with Crippen molar-refractivity contribution in [3.8, 4) is 5.69 Å². The maximum absolute atomic E-state index is 12.8. The minimum absolute atomic E-state index is 0. The number of carbonyl (C=O) groups excluding carboxylic acids is 2. The summed E-state index contributed by atoms with van der Waals surface area (Å²) in [5, 5.41) is 2.70. The molecule has 1 saturated carbocycles. The predicted molar refractivity (Wildman–Crippen MR) is 148 cm³/mol. The maximum Gasteiger partial charge on any atom is 0.354 e. The number of amides is 3. The van der Waals surface area contributed by atoms with Gasteiger partial charge in [0.05, 0.1) is 11.2 Å². The van der Waals surface area contributed by atoms with Gasteiger partial charge in [0.15, 0.2) is 0 Å². The van der Waals surface area contributed by atoms with Crippen molar-refractivity contribution < 1.29 is 9.59 Å². The van der Waals surface area contributed by atoms with E-state index in [2.05, 4.69) is 21.3 Å². The van der Waals surface area contributed by atoms with E-state index in [1.807, 2.05) is 18.2 Å². The highest BCUT2D eigenvalue weighted by atomic mass is 35.5. The van der Waals surface area contributed by atoms with E-state index < -0.39 is 11.2 Å². The summed E-state index contributed by atoms with van der Waals surface area (Å²) in [7, 11) is 0. The van der Waals surface area contributed by atoms with Crippen molar-refractivity contribution in [2.24, 2.45) is 23.3 Å². The number of piperazine rings is 1. The van der Waals surface area contributed by atoms with Gasteiger partial charge < -0.3 is 26.2 Å². The highest BCUT2D eigenvalue weighted by molar-refractivity contribution is 5.89. The second-order valence-corrected chi connectivity index (χ2v) is 11.0. The van der Waals surface area contributed by atoms with E-state index in [4.69, 9.17) is 11.5 Å². The summed E-state index contributed by atoms with van der Waals surface area (Å²) in [5.41, 5.74) is 12.4. The Morgan fingerprint density at radius 3 is 2.37 bits per heavy atom. The molecule has 2 unspecified atom stereocenters. The van der Waals surface area contributed by atoms with E-state index in [9.17, 15) is 14.4 Å². The van der Waals surface area contributed by atoms with Gasteiger partial charge in [0.2, 0.25) is 5.91 Å². The molecule has 38 heavy (non-hydrogen) atoms. The van der Waals surface area contributed by atoms with E-state index in [1.165, 1.54) is 4.57 Å². The van der Waals surface area contributed by atoms with Crippen LogP contribution in [-0.4, -0.2) is 93.6 Å². The molecule has 2 atom stereocenters. The Labute approximate surface area is 228 Å². The number of nitrogens with two attached hydrogens (primary N) is 2. The number of anilines is 1. The molecular formula is C26H37ClN8O3. The van der Waals surface area contributed by atoms with Crippen molar-refractivity contribution in [2.75, 3.05) is 51.1 Å². The van der Waals surface area contributed by atoms with Crippen LogP contribution in [0.4, 0.5) is 10.6 Å². The summed E-state index contributed by atoms with van der Waals surface area (Å²) in [5.74, 6) is 1.40. The number of aromatic nitrogens is 2. The van der Waals surface area contributed by atoms with Gasteiger partial charge in [-0.25, -0.2) is 9.59 Å². The van der Waals surface area contributed by atoms with Gasteiger partial charge in [-0.1, -0.05) is 12.1 Å². The van der Waals surface area contributed by atoms with Gasteiger partial charge in [-0.2, -0.15) is 4.98 Å². The zero-order valence-corrected chi connectivity index (χ0v) is 22.7. The molecule has 2 aliphatic heterocycles. The fraction of sp³-hybridized carbons (Fsp3) is 0.538. The number of nitrogens with zero attached hydrogens (tertiary/aromatic N) is 5. The van der Waals surface area contributed by atoms with Crippen LogP contribution in [0.1, 0.15) is 19.4 Å². The number of hydrogen-bond acceptors (Lipinski definition) is 7. The Morgan fingerprint density at radius 2 is 1.74 bits per heavy atom. The number of hydrogen-bond donors (Lipinski definition) is 3. The first-order valence-corrected chi connectivity index (χ1v) is 12.9. The molecular weight excluding hydrogens is 508 g/mol. The number of nitrogens with one attached hydrogen (secondary N) is 1. The average Bonchev–Trinajstić information content (AvgIpc) is 3.25. The molecule has 3 aliphatic rings. The van der Waals surface area contributed by atoms with Crippen molar-refractivity contribution in [3.05, 3.63) is 52.6 Å². The van der Waals surface area contributed by atoms with E-state index in [0.29, 0.717) is 44.1 Å². The lowest BCUT2D eigenvalue weighted by atomic mass is 10.1. The smallest absolute Gasteiger partial charge is 0.338 e. The van der Waals surface area contributed by atoms with Crippen LogP contribution < -0.4 is 22.5 Å². The van der Waals surface area contributed by atoms with Gasteiger partial charge in [-0.15, -0.1) is 12.4 Å². The normalized spacial score (nSPS) is 23.0. The van der Waals surface area contributed by atoms with Crippen LogP contribution in [-0.2, 0) is 11.2 Å². The zero-order valence-electron chi connectivity index (χ0n) is 21.9. The fourth-order valence-electron chi connectivity index (χ4n) is 5.37. The number of fused-ring (bicyclic) bond motifs is 1. The molecule has 3 heterocycles. The van der Waals surface area contributed by atoms with Crippen LogP contribution in [0.25, 0.3) is 5.69 Å². The Bertz CT molecular complexity index is 1230. The van der Waals surface area contributed by atoms with Crippen molar-refractivity contribution >= 4 is 30.2 Å². The molecule has 1 aromatic carbocycles. The van der Waals surface area contributed by atoms with Crippen LogP contribution in [0, 0.1) is 11.8 Å². The first-order valence-electron chi connectivity index (χ1n) is 12.9. The van der Waals surface area contributed by atoms with E-state index in [-0.39, 0.29) is 30.2 Å². The lowest BCUT2D eigenvalue weighted by Gasteiger charge is -2.37. The van der Waals surface area contributed by atoms with Crippen molar-refractivity contribution in [2.45, 2.75) is 31.8 Å². The molecule has 5 rings (SSSR count). The lowest BCUT2D eigenvalue weighted by Crippen LogP contribution is -2.58. The highest BCUT2D eigenvalue weighted by Crippen LogP contribution is 2.43. The lowest BCUT2D eigenvalue weighted by molar-refractivity contribution is -0.137. The quantitative estimate of drug-likeness (QED) is 0.480. The topological polar surface area (TPSA) is 143 Å². The molecule has 12 heteroatoms. The molecule has 1 aliphatic carbocycles. The monoisotopic (exact) mass is 544 g/mol. The van der Waals surface area contributed by atoms with Crippen LogP contribution in [0.3, 0.4) is 0 Å². The first-order chi connectivity index (χ1) is 17.6. The van der Waals surface area contributed by atoms with Crippen molar-refractivity contribution in [3.63, 3.8) is 0 Å². The zero-order chi connectivity index (χ0) is 26.3. The standard InChI is InChI=1S/C26H36N8O3.ClH/c1-26(2,28)23(35)32-10-12-33(13-11-32)24(36)29-21-7-9-34(25(37)30-21)18-5-3-4-17(14-18)6-8-31-15-19-20(16-31)22(19)27;/h3-5,7,9,14,19-20,22H,6,8,10-13,15-16,27-28H2,1-2H3,(H,29,30,36,37);1H. The molecule has 2 aromatic rings. The molecule has 0 radical (unpaired) electrons. The summed E-state index contributed by atoms with van der Waals surface area (Å²) >= 11 is 0. The molecule has 0 bridgehead atoms. The number of piperidine rings is 1. The van der Waals surface area contributed by atoms with Crippen LogP contribution in [0.5, 0.6) is 0 Å². The first kappa shape index (κ1) is 28.0. The number of likely N-dealkylation sites (tertiary alicyclic amines) is 1. The second-order valence-electron chi connectivity index (χ2n) is 11.0. The summed E-state index contributed by atoms with van der Waals surface area (Å²) in [6, 6.07) is 9.55. The predicted octanol–water partition coefficient (Wildman–Crippen LogP) is 0.499. The Morgan fingerprint density at radius 1 is 1.08 bits per heavy atom. The van der Waals surface area contributed by atoms with Gasteiger partial charge >= 0.3 is 11.7 Å². The van der Waals surface area contributed by atoms with Crippen LogP contribution in [0.2, 0.25) is 0 Å². The number of halogens is 1. The number of carbonyl (C=O) groups is 2. The molecule has 1 aromatic heterocycles. The van der Waals surface area contributed by atoms with E-state index in [1.54, 1.807) is 35.9 Å². The largest absolute Gasteiger partial charge is 0.354 e. The van der Waals surface area contributed by atoms with Gasteiger partial charge in [-0.05, 0) is 55.9 Å². The molecule has 2 saturated heterocycles. The minimum atomic E-state index is -0.944. The maximum atomic E-state index is 12.8. The average molecular weight is 545 g/mol. The molecule has 0 spiro atoms. The van der Waals surface area contributed by atoms with Gasteiger partial charge in [0, 0.05) is 58.1 Å². The van der Waals surface area contributed by atoms with E-state index >= 15 is 0 Å². The Balaban J connectivity index is 0.00000336. The number of rotatable bonds is 6. The number of urea groups is 1. The van der Waals surface area contributed by atoms with Gasteiger partial charge in [0.1, 0.15) is 5.82 Å². The minimum Gasteiger partial charge on any atom is -0.338 e. The van der Waals surface area contributed by atoms with E-state index in [0.717, 1.165) is 37.3 Å². The Hall–Kier alpha value is -2.99. The van der Waals surface area contributed by atoms with Crippen molar-refractivity contribution in [1.29, 1.82) is 0 Å². The highest BCUT2D eigenvalue weighted by Gasteiger charge is 2.53. The molecule has 3 fully saturated rings. The summed E-state index contributed by atoms with van der Waals surface area (Å²) < 4.78 is 1.47. The molecule has 11 nitrogen and oxygen atoms in total. The second kappa shape index (κ2) is 11.0. The van der Waals surface area contributed by atoms with Crippen LogP contribution in [0.15, 0.2) is 41.3 Å². The third-order valence-electron chi connectivity index (χ3n) is 7.69. The molecule has 5 N–H and O–H groups in total. The SMILES string of the molecule is CC(C)(N)C(=O)N1CCN(C(=O)Nc2ccn(-c3cccc(CCN4CC5C(N)C5C4)c3)c(=O)n2)CC1.Cl. The fourth-order valence-corrected chi connectivity index (χ4v) is 5.37. The molecule has 3 amide bonds. The summed E-state index contributed by atoms with van der Waals surface area (Å²) in [6.07, 6.45) is 2.53. The summed E-state index contributed by atoms with van der Waals surface area (Å²) in [4.78, 5) is 47.6. The molecule has 206 valence electrons. The van der Waals surface area contributed by atoms with Gasteiger partial charge in [-0.3, -0.25) is 14.7 Å².